The van der Waals surface area contributed by atoms with E-state index in [0.717, 1.165) is 11.1 Å². The molecule has 0 saturated carbocycles. The minimum absolute atomic E-state index is 0.125. The van der Waals surface area contributed by atoms with Crippen molar-refractivity contribution in [2.24, 2.45) is 10.1 Å². The minimum atomic E-state index is -0.780. The fraction of sp³-hybridized carbons (Fsp3) is 0.231. The topological polar surface area (TPSA) is 82.9 Å². The molecule has 0 fully saturated rings. The van der Waals surface area contributed by atoms with Gasteiger partial charge in [0, 0.05) is 0 Å². The molecule has 1 amide bonds. The van der Waals surface area contributed by atoms with Gasteiger partial charge in [0.25, 0.3) is 5.91 Å². The van der Waals surface area contributed by atoms with Crippen LogP contribution >= 0.6 is 11.6 Å². The first-order valence-electron chi connectivity index (χ1n) is 5.97. The number of aryl methyl sites for hydroxylation is 1. The van der Waals surface area contributed by atoms with E-state index in [2.05, 4.69) is 20.8 Å². The van der Waals surface area contributed by atoms with Crippen molar-refractivity contribution in [3.8, 4) is 0 Å². The van der Waals surface area contributed by atoms with Crippen molar-refractivity contribution < 1.29 is 9.59 Å². The number of halogens is 1. The van der Waals surface area contributed by atoms with E-state index in [1.807, 2.05) is 31.2 Å². The van der Waals surface area contributed by atoms with Gasteiger partial charge in [0.05, 0.1) is 12.6 Å². The summed E-state index contributed by atoms with van der Waals surface area (Å²) in [6.45, 7) is 2.00. The van der Waals surface area contributed by atoms with Gasteiger partial charge < -0.3 is 0 Å². The maximum Gasteiger partial charge on any atom is 0.252 e. The van der Waals surface area contributed by atoms with Crippen LogP contribution in [-0.2, 0) is 9.59 Å². The predicted molar refractivity (Wildman–Crippen MR) is 76.8 cm³/mol. The van der Waals surface area contributed by atoms with Gasteiger partial charge in [-0.15, -0.1) is 0 Å². The molecule has 0 aliphatic carbocycles. The zero-order chi connectivity index (χ0) is 14.5. The number of amides is 1. The third-order valence-corrected chi connectivity index (χ3v) is 2.80. The Morgan fingerprint density at radius 3 is 2.85 bits per heavy atom. The molecule has 104 valence electrons. The third kappa shape index (κ3) is 3.89. The second kappa shape index (κ2) is 6.29. The Balaban J connectivity index is 1.92. The monoisotopic (exact) mass is 292 g/mol. The standard InChI is InChI=1S/C13H13ClN4O2/c1-8-2-4-9(5-3-8)7-15-18-13-16-10(6-11(14)19)12(20)17-13/h2-5,7,10H,6H2,1H3,(H2,16,17,18,20)/b15-7+. The Morgan fingerprint density at radius 2 is 2.20 bits per heavy atom. The second-order valence-corrected chi connectivity index (χ2v) is 4.74. The number of hydrogen-bond donors (Lipinski definition) is 2. The lowest BCUT2D eigenvalue weighted by Crippen LogP contribution is -2.35. The summed E-state index contributed by atoms with van der Waals surface area (Å²) in [5.74, 6) is -0.159. The molecule has 1 aromatic rings. The van der Waals surface area contributed by atoms with Crippen LogP contribution < -0.4 is 10.7 Å². The van der Waals surface area contributed by atoms with Crippen molar-refractivity contribution in [3.63, 3.8) is 0 Å². The predicted octanol–water partition coefficient (Wildman–Crippen LogP) is 0.928. The Bertz CT molecular complexity index is 581. The van der Waals surface area contributed by atoms with Crippen molar-refractivity contribution in [1.29, 1.82) is 0 Å². The highest BCUT2D eigenvalue weighted by atomic mass is 35.5. The van der Waals surface area contributed by atoms with Gasteiger partial charge in [0.1, 0.15) is 6.04 Å². The molecular weight excluding hydrogens is 280 g/mol. The maximum absolute atomic E-state index is 11.5. The van der Waals surface area contributed by atoms with Gasteiger partial charge in [0.2, 0.25) is 11.2 Å². The van der Waals surface area contributed by atoms with Gasteiger partial charge in [-0.2, -0.15) is 5.10 Å². The minimum Gasteiger partial charge on any atom is -0.293 e. The molecule has 0 radical (unpaired) electrons. The zero-order valence-electron chi connectivity index (χ0n) is 10.8. The highest BCUT2D eigenvalue weighted by Crippen LogP contribution is 2.06. The molecule has 0 saturated heterocycles. The van der Waals surface area contributed by atoms with Crippen LogP contribution in [0.3, 0.4) is 0 Å². The van der Waals surface area contributed by atoms with Gasteiger partial charge in [-0.25, -0.2) is 10.4 Å². The molecule has 1 heterocycles. The molecular formula is C13H13ClN4O2. The highest BCUT2D eigenvalue weighted by Gasteiger charge is 2.27. The van der Waals surface area contributed by atoms with Crippen molar-refractivity contribution >= 4 is 34.9 Å². The average Bonchev–Trinajstić information content (AvgIpc) is 2.72. The smallest absolute Gasteiger partial charge is 0.252 e. The van der Waals surface area contributed by atoms with Gasteiger partial charge in [-0.05, 0) is 24.1 Å². The number of rotatable bonds is 4. The lowest BCUT2D eigenvalue weighted by atomic mass is 10.2. The molecule has 20 heavy (non-hydrogen) atoms. The number of carbonyl (C=O) groups is 2. The first kappa shape index (κ1) is 14.2. The Morgan fingerprint density at radius 1 is 1.50 bits per heavy atom. The summed E-state index contributed by atoms with van der Waals surface area (Å²) < 4.78 is 0. The Labute approximate surface area is 120 Å². The van der Waals surface area contributed by atoms with Crippen LogP contribution in [0, 0.1) is 6.92 Å². The molecule has 2 N–H and O–H groups in total. The van der Waals surface area contributed by atoms with E-state index >= 15 is 0 Å². The maximum atomic E-state index is 11.5. The van der Waals surface area contributed by atoms with Crippen molar-refractivity contribution in [1.82, 2.24) is 10.7 Å². The molecule has 0 bridgehead atoms. The summed E-state index contributed by atoms with van der Waals surface area (Å²) in [6, 6.07) is 7.00. The number of aliphatic imine (C=N–C) groups is 1. The number of nitrogens with one attached hydrogen (secondary N) is 2. The zero-order valence-corrected chi connectivity index (χ0v) is 11.5. The molecule has 0 spiro atoms. The van der Waals surface area contributed by atoms with Gasteiger partial charge in [-0.1, -0.05) is 29.8 Å². The molecule has 6 nitrogen and oxygen atoms in total. The van der Waals surface area contributed by atoms with E-state index in [0.29, 0.717) is 0 Å². The van der Waals surface area contributed by atoms with Crippen molar-refractivity contribution in [2.45, 2.75) is 19.4 Å². The van der Waals surface area contributed by atoms with Gasteiger partial charge >= 0.3 is 0 Å². The molecule has 1 unspecified atom stereocenters. The molecule has 2 rings (SSSR count). The lowest BCUT2D eigenvalue weighted by Gasteiger charge is -1.98. The fourth-order valence-electron chi connectivity index (χ4n) is 1.61. The number of guanidine groups is 1. The van der Waals surface area contributed by atoms with Crippen LogP contribution in [0.2, 0.25) is 0 Å². The summed E-state index contributed by atoms with van der Waals surface area (Å²) in [6.07, 6.45) is 1.48. The quantitative estimate of drug-likeness (QED) is 0.492. The number of carbonyl (C=O) groups excluding carboxylic acids is 2. The Hall–Kier alpha value is -2.21. The SMILES string of the molecule is Cc1ccc(/C=N/NC2=NC(CC(=O)Cl)C(=O)N2)cc1. The van der Waals surface area contributed by atoms with Crippen LogP contribution in [0.4, 0.5) is 0 Å². The van der Waals surface area contributed by atoms with E-state index < -0.39 is 11.3 Å². The summed E-state index contributed by atoms with van der Waals surface area (Å²) >= 11 is 5.23. The molecule has 1 aliphatic rings. The molecule has 1 aliphatic heterocycles. The van der Waals surface area contributed by atoms with Crippen LogP contribution in [0.1, 0.15) is 17.5 Å². The normalized spacial score (nSPS) is 18.0. The third-order valence-electron chi connectivity index (χ3n) is 2.64. The summed E-state index contributed by atoms with van der Waals surface area (Å²) in [7, 11) is 0. The van der Waals surface area contributed by atoms with Crippen molar-refractivity contribution in [2.75, 3.05) is 0 Å². The van der Waals surface area contributed by atoms with Gasteiger partial charge in [-0.3, -0.25) is 14.9 Å². The van der Waals surface area contributed by atoms with E-state index in [1.165, 1.54) is 0 Å². The van der Waals surface area contributed by atoms with Crippen LogP contribution in [0.25, 0.3) is 0 Å². The first-order valence-corrected chi connectivity index (χ1v) is 6.35. The molecule has 7 heteroatoms. The molecule has 1 atom stereocenters. The summed E-state index contributed by atoms with van der Waals surface area (Å²) in [5.41, 5.74) is 4.69. The van der Waals surface area contributed by atoms with Gasteiger partial charge in [0.15, 0.2) is 0 Å². The van der Waals surface area contributed by atoms with E-state index in [4.69, 9.17) is 11.6 Å². The lowest BCUT2D eigenvalue weighted by molar-refractivity contribution is -0.122. The first-order chi connectivity index (χ1) is 9.54. The number of hydrogen-bond acceptors (Lipinski definition) is 5. The van der Waals surface area contributed by atoms with E-state index in [1.54, 1.807) is 6.21 Å². The second-order valence-electron chi connectivity index (χ2n) is 4.32. The molecule has 0 aromatic heterocycles. The van der Waals surface area contributed by atoms with Crippen LogP contribution in [-0.4, -0.2) is 29.4 Å². The largest absolute Gasteiger partial charge is 0.293 e. The average molecular weight is 293 g/mol. The van der Waals surface area contributed by atoms with E-state index in [9.17, 15) is 9.59 Å². The number of benzene rings is 1. The van der Waals surface area contributed by atoms with Crippen LogP contribution in [0.5, 0.6) is 0 Å². The molecule has 1 aromatic carbocycles. The highest BCUT2D eigenvalue weighted by molar-refractivity contribution is 6.63. The number of nitrogens with zero attached hydrogens (tertiary/aromatic N) is 2. The van der Waals surface area contributed by atoms with Crippen molar-refractivity contribution in [3.05, 3.63) is 35.4 Å². The summed E-state index contributed by atoms with van der Waals surface area (Å²) in [5, 5.41) is 5.84. The van der Waals surface area contributed by atoms with E-state index in [-0.39, 0.29) is 18.3 Å². The van der Waals surface area contributed by atoms with Crippen LogP contribution in [0.15, 0.2) is 34.4 Å². The summed E-state index contributed by atoms with van der Waals surface area (Å²) in [4.78, 5) is 26.2. The fourth-order valence-corrected chi connectivity index (χ4v) is 1.76. The Kier molecular flexibility index (Phi) is 4.47. The number of hydrazone groups is 1.